The molecule has 2 heterocycles. The Morgan fingerprint density at radius 3 is 2.44 bits per heavy atom. The predicted octanol–water partition coefficient (Wildman–Crippen LogP) is 0.921. The van der Waals surface area contributed by atoms with Gasteiger partial charge in [0.1, 0.15) is 11.4 Å². The van der Waals surface area contributed by atoms with Crippen molar-refractivity contribution in [3.8, 4) is 0 Å². The van der Waals surface area contributed by atoms with Gasteiger partial charge in [0, 0.05) is 11.1 Å². The number of hydrogen-bond acceptors (Lipinski definition) is 5. The second kappa shape index (κ2) is 5.37. The standard InChI is InChI=1S/C11H10N4O2S/c1-7-6-9(15-18-7)11(17)14-13-10(16)8-4-2-3-5-12-8/h2-6H,1H3,(H,13,16)(H,14,17). The lowest BCUT2D eigenvalue weighted by Crippen LogP contribution is -2.42. The minimum atomic E-state index is -0.476. The fourth-order valence-corrected chi connectivity index (χ4v) is 1.75. The van der Waals surface area contributed by atoms with E-state index in [0.29, 0.717) is 0 Å². The lowest BCUT2D eigenvalue weighted by molar-refractivity contribution is 0.0842. The third kappa shape index (κ3) is 2.89. The van der Waals surface area contributed by atoms with Crippen LogP contribution < -0.4 is 10.9 Å². The van der Waals surface area contributed by atoms with Crippen LogP contribution in [0.15, 0.2) is 30.5 Å². The number of carbonyl (C=O) groups is 2. The topological polar surface area (TPSA) is 84.0 Å². The molecule has 0 radical (unpaired) electrons. The molecule has 0 aliphatic rings. The average molecular weight is 262 g/mol. The minimum Gasteiger partial charge on any atom is -0.266 e. The molecular formula is C11H10N4O2S. The van der Waals surface area contributed by atoms with E-state index >= 15 is 0 Å². The maximum absolute atomic E-state index is 11.6. The van der Waals surface area contributed by atoms with Gasteiger partial charge in [0.15, 0.2) is 0 Å². The second-order valence-electron chi connectivity index (χ2n) is 3.45. The zero-order valence-corrected chi connectivity index (χ0v) is 10.3. The van der Waals surface area contributed by atoms with Crippen molar-refractivity contribution >= 4 is 23.3 Å². The summed E-state index contributed by atoms with van der Waals surface area (Å²) in [6.07, 6.45) is 1.50. The molecule has 2 rings (SSSR count). The van der Waals surface area contributed by atoms with Crippen molar-refractivity contribution in [2.45, 2.75) is 6.92 Å². The first-order valence-electron chi connectivity index (χ1n) is 5.12. The number of aromatic nitrogens is 2. The Kier molecular flexibility index (Phi) is 3.63. The molecule has 2 amide bonds. The van der Waals surface area contributed by atoms with Gasteiger partial charge in [-0.15, -0.1) is 0 Å². The zero-order chi connectivity index (χ0) is 13.0. The van der Waals surface area contributed by atoms with Crippen molar-refractivity contribution in [3.05, 3.63) is 46.7 Å². The molecule has 0 aromatic carbocycles. The van der Waals surface area contributed by atoms with Gasteiger partial charge >= 0.3 is 0 Å². The molecule has 0 fully saturated rings. The summed E-state index contributed by atoms with van der Waals surface area (Å²) < 4.78 is 3.93. The number of carbonyl (C=O) groups excluding carboxylic acids is 2. The Morgan fingerprint density at radius 1 is 1.17 bits per heavy atom. The van der Waals surface area contributed by atoms with Crippen LogP contribution in [0.25, 0.3) is 0 Å². The van der Waals surface area contributed by atoms with E-state index in [1.165, 1.54) is 17.7 Å². The summed E-state index contributed by atoms with van der Waals surface area (Å²) in [5, 5.41) is 0. The van der Waals surface area contributed by atoms with Crippen LogP contribution in [0.5, 0.6) is 0 Å². The molecule has 0 saturated carbocycles. The maximum Gasteiger partial charge on any atom is 0.289 e. The number of nitrogens with zero attached hydrogens (tertiary/aromatic N) is 2. The highest BCUT2D eigenvalue weighted by molar-refractivity contribution is 7.05. The van der Waals surface area contributed by atoms with Crippen LogP contribution in [-0.4, -0.2) is 21.2 Å². The van der Waals surface area contributed by atoms with Crippen LogP contribution in [0.3, 0.4) is 0 Å². The summed E-state index contributed by atoms with van der Waals surface area (Å²) in [5.41, 5.74) is 5.05. The molecule has 0 aliphatic heterocycles. The highest BCUT2D eigenvalue weighted by atomic mass is 32.1. The molecule has 0 spiro atoms. The van der Waals surface area contributed by atoms with Crippen LogP contribution in [0.4, 0.5) is 0 Å². The number of nitrogens with one attached hydrogen (secondary N) is 2. The van der Waals surface area contributed by atoms with E-state index in [9.17, 15) is 9.59 Å². The van der Waals surface area contributed by atoms with Crippen molar-refractivity contribution in [3.63, 3.8) is 0 Å². The first kappa shape index (κ1) is 12.2. The van der Waals surface area contributed by atoms with Crippen molar-refractivity contribution in [1.82, 2.24) is 20.2 Å². The number of hydrazine groups is 1. The molecule has 18 heavy (non-hydrogen) atoms. The number of amides is 2. The Bertz CT molecular complexity index is 567. The summed E-state index contributed by atoms with van der Waals surface area (Å²) in [5.74, 6) is -0.931. The van der Waals surface area contributed by atoms with Gasteiger partial charge in [0.05, 0.1) is 0 Å². The molecule has 2 N–H and O–H groups in total. The van der Waals surface area contributed by atoms with E-state index in [2.05, 4.69) is 20.2 Å². The second-order valence-corrected chi connectivity index (χ2v) is 4.46. The summed E-state index contributed by atoms with van der Waals surface area (Å²) >= 11 is 1.23. The molecule has 7 heteroatoms. The molecule has 0 aliphatic carbocycles. The fourth-order valence-electron chi connectivity index (χ4n) is 1.21. The van der Waals surface area contributed by atoms with Gasteiger partial charge in [0.25, 0.3) is 11.8 Å². The molecule has 0 saturated heterocycles. The van der Waals surface area contributed by atoms with Crippen LogP contribution in [0.1, 0.15) is 25.9 Å². The molecule has 2 aromatic heterocycles. The molecule has 92 valence electrons. The number of hydrogen-bond donors (Lipinski definition) is 2. The summed E-state index contributed by atoms with van der Waals surface area (Å²) in [7, 11) is 0. The Morgan fingerprint density at radius 2 is 1.89 bits per heavy atom. The van der Waals surface area contributed by atoms with Gasteiger partial charge in [-0.05, 0) is 36.7 Å². The first-order chi connectivity index (χ1) is 8.66. The van der Waals surface area contributed by atoms with Gasteiger partial charge in [-0.1, -0.05) is 6.07 Å². The largest absolute Gasteiger partial charge is 0.289 e. The Hall–Kier alpha value is -2.28. The van der Waals surface area contributed by atoms with E-state index in [0.717, 1.165) is 4.88 Å². The fraction of sp³-hybridized carbons (Fsp3) is 0.0909. The SMILES string of the molecule is Cc1cc(C(=O)NNC(=O)c2ccccn2)ns1. The monoisotopic (exact) mass is 262 g/mol. The van der Waals surface area contributed by atoms with Crippen LogP contribution >= 0.6 is 11.5 Å². The van der Waals surface area contributed by atoms with E-state index in [1.54, 1.807) is 24.3 Å². The summed E-state index contributed by atoms with van der Waals surface area (Å²) in [4.78, 5) is 28.0. The molecule has 0 bridgehead atoms. The zero-order valence-electron chi connectivity index (χ0n) is 9.51. The van der Waals surface area contributed by atoms with E-state index in [-0.39, 0.29) is 11.4 Å². The number of pyridine rings is 1. The van der Waals surface area contributed by atoms with Gasteiger partial charge in [-0.2, -0.15) is 4.37 Å². The highest BCUT2D eigenvalue weighted by Crippen LogP contribution is 2.07. The van der Waals surface area contributed by atoms with Crippen molar-refractivity contribution in [2.24, 2.45) is 0 Å². The predicted molar refractivity (Wildman–Crippen MR) is 66.0 cm³/mol. The third-order valence-corrected chi connectivity index (χ3v) is 2.74. The molecule has 6 nitrogen and oxygen atoms in total. The lowest BCUT2D eigenvalue weighted by atomic mass is 10.3. The lowest BCUT2D eigenvalue weighted by Gasteiger charge is -2.04. The quantitative estimate of drug-likeness (QED) is 0.788. The molecule has 2 aromatic rings. The van der Waals surface area contributed by atoms with Crippen LogP contribution in [0, 0.1) is 6.92 Å². The van der Waals surface area contributed by atoms with Gasteiger partial charge in [-0.25, -0.2) is 0 Å². The maximum atomic E-state index is 11.6. The van der Waals surface area contributed by atoms with Crippen molar-refractivity contribution in [2.75, 3.05) is 0 Å². The Balaban J connectivity index is 1.92. The van der Waals surface area contributed by atoms with Gasteiger partial charge in [-0.3, -0.25) is 25.4 Å². The van der Waals surface area contributed by atoms with Crippen LogP contribution in [0.2, 0.25) is 0 Å². The number of rotatable bonds is 2. The molecule has 0 atom stereocenters. The van der Waals surface area contributed by atoms with Crippen molar-refractivity contribution in [1.29, 1.82) is 0 Å². The summed E-state index contributed by atoms with van der Waals surface area (Å²) in [6, 6.07) is 6.59. The Labute approximate surface area is 107 Å². The van der Waals surface area contributed by atoms with Crippen LogP contribution in [-0.2, 0) is 0 Å². The average Bonchev–Trinajstić information content (AvgIpc) is 2.83. The summed E-state index contributed by atoms with van der Waals surface area (Å²) in [6.45, 7) is 1.85. The van der Waals surface area contributed by atoms with E-state index < -0.39 is 11.8 Å². The highest BCUT2D eigenvalue weighted by Gasteiger charge is 2.11. The normalized spacial score (nSPS) is 9.83. The third-order valence-electron chi connectivity index (χ3n) is 2.05. The minimum absolute atomic E-state index is 0.229. The first-order valence-corrected chi connectivity index (χ1v) is 5.89. The van der Waals surface area contributed by atoms with Gasteiger partial charge in [0.2, 0.25) is 0 Å². The smallest absolute Gasteiger partial charge is 0.266 e. The van der Waals surface area contributed by atoms with E-state index in [4.69, 9.17) is 0 Å². The van der Waals surface area contributed by atoms with Crippen molar-refractivity contribution < 1.29 is 9.59 Å². The number of aryl methyl sites for hydroxylation is 1. The van der Waals surface area contributed by atoms with Gasteiger partial charge < -0.3 is 0 Å². The molecule has 0 unspecified atom stereocenters. The van der Waals surface area contributed by atoms with E-state index in [1.807, 2.05) is 6.92 Å². The molecular weight excluding hydrogens is 252 g/mol.